The number of para-hydroxylation sites is 1. The van der Waals surface area contributed by atoms with Crippen molar-refractivity contribution < 1.29 is 49.1 Å². The summed E-state index contributed by atoms with van der Waals surface area (Å²) < 4.78 is 6.38. The molecule has 12 N–H and O–H groups in total. The fourth-order valence-corrected chi connectivity index (χ4v) is 6.76. The predicted octanol–water partition coefficient (Wildman–Crippen LogP) is -1.15. The van der Waals surface area contributed by atoms with Crippen molar-refractivity contribution in [3.05, 3.63) is 111 Å². The van der Waals surface area contributed by atoms with Crippen LogP contribution in [0.4, 0.5) is 4.79 Å². The van der Waals surface area contributed by atoms with Gasteiger partial charge in [-0.15, -0.1) is 0 Å². The number of aromatic nitrogens is 3. The van der Waals surface area contributed by atoms with Crippen LogP contribution in [-0.4, -0.2) is 119 Å². The third-order valence-electron chi connectivity index (χ3n) is 10.3. The Kier molecular flexibility index (Phi) is 14.3. The number of nitrogens with zero attached hydrogens (tertiary/aromatic N) is 2. The van der Waals surface area contributed by atoms with Crippen molar-refractivity contribution in [2.45, 2.75) is 82.3 Å². The van der Waals surface area contributed by atoms with Crippen LogP contribution in [0.2, 0.25) is 0 Å². The SMILES string of the molecule is CC(C)[C@H](NC(=O)N[C@@H](Cc1c[nH]c2ccccc12)C(=O)O)C(=O)N[C@H](C(=O)N/C=C1\O[C@@H](n2ccc(=O)[nH]c2=O)[C@H](O)[C@@H]1O)[C@H](C)N(C)C(=O)[C@@H](N)Cc1cccc(O)c1. The molecule has 61 heavy (non-hydrogen) atoms. The van der Waals surface area contributed by atoms with E-state index in [1.807, 2.05) is 17.1 Å². The third-order valence-corrected chi connectivity index (χ3v) is 10.3. The predicted molar refractivity (Wildman–Crippen MR) is 217 cm³/mol. The molecule has 0 spiro atoms. The minimum Gasteiger partial charge on any atom is -0.508 e. The molecule has 2 aromatic heterocycles. The number of hydrogen-bond donors (Lipinski definition) is 11. The number of nitrogens with one attached hydrogen (secondary N) is 6. The Labute approximate surface area is 347 Å². The van der Waals surface area contributed by atoms with Gasteiger partial charge < -0.3 is 62.0 Å². The lowest BCUT2D eigenvalue weighted by Gasteiger charge is -2.34. The van der Waals surface area contributed by atoms with Gasteiger partial charge in [0.1, 0.15) is 41.8 Å². The van der Waals surface area contributed by atoms with E-state index >= 15 is 0 Å². The minimum absolute atomic E-state index is 0.00280. The number of hydrogen-bond acceptors (Lipinski definition) is 12. The summed E-state index contributed by atoms with van der Waals surface area (Å²) in [6, 6.07) is 6.66. The number of carboxylic acid groups (broad SMARTS) is 1. The summed E-state index contributed by atoms with van der Waals surface area (Å²) in [6.07, 6.45) is -1.53. The molecule has 2 aromatic carbocycles. The molecule has 21 heteroatoms. The van der Waals surface area contributed by atoms with E-state index in [0.717, 1.165) is 38.8 Å². The van der Waals surface area contributed by atoms with Crippen LogP contribution in [0.1, 0.15) is 38.1 Å². The first kappa shape index (κ1) is 45.1. The number of rotatable bonds is 16. The van der Waals surface area contributed by atoms with Gasteiger partial charge in [0.2, 0.25) is 23.9 Å². The van der Waals surface area contributed by atoms with Gasteiger partial charge in [-0.05, 0) is 48.6 Å². The monoisotopic (exact) mass is 847 g/mol. The highest BCUT2D eigenvalue weighted by atomic mass is 16.6. The summed E-state index contributed by atoms with van der Waals surface area (Å²) in [5.74, 6) is -4.93. The minimum atomic E-state index is -1.77. The number of aliphatic carboxylic acids is 1. The van der Waals surface area contributed by atoms with Crippen molar-refractivity contribution in [1.82, 2.24) is 40.7 Å². The number of aliphatic hydroxyl groups excluding tert-OH is 2. The van der Waals surface area contributed by atoms with Crippen molar-refractivity contribution in [1.29, 1.82) is 0 Å². The summed E-state index contributed by atoms with van der Waals surface area (Å²) in [4.78, 5) is 97.2. The van der Waals surface area contributed by atoms with Crippen LogP contribution >= 0.6 is 0 Å². The maximum atomic E-state index is 14.0. The normalized spacial score (nSPS) is 19.3. The highest BCUT2D eigenvalue weighted by Crippen LogP contribution is 2.30. The molecule has 5 amide bonds. The van der Waals surface area contributed by atoms with Crippen molar-refractivity contribution in [2.75, 3.05) is 7.05 Å². The maximum Gasteiger partial charge on any atom is 0.331 e. The van der Waals surface area contributed by atoms with Crippen molar-refractivity contribution in [2.24, 2.45) is 11.7 Å². The van der Waals surface area contributed by atoms with Crippen LogP contribution in [0.15, 0.2) is 88.5 Å². The molecule has 1 saturated heterocycles. The number of phenols is 1. The summed E-state index contributed by atoms with van der Waals surface area (Å²) >= 11 is 0. The van der Waals surface area contributed by atoms with Gasteiger partial charge in [0, 0.05) is 49.0 Å². The highest BCUT2D eigenvalue weighted by molar-refractivity contribution is 5.94. The number of nitrogens with two attached hydrogens (primary N) is 1. The lowest BCUT2D eigenvalue weighted by Crippen LogP contribution is -2.63. The number of fused-ring (bicyclic) bond motifs is 1. The molecule has 0 unspecified atom stereocenters. The molecule has 0 bridgehead atoms. The average Bonchev–Trinajstić information content (AvgIpc) is 3.75. The van der Waals surface area contributed by atoms with Crippen LogP contribution in [0.5, 0.6) is 5.75 Å². The van der Waals surface area contributed by atoms with Gasteiger partial charge in [-0.3, -0.25) is 28.7 Å². The second kappa shape index (κ2) is 19.4. The number of phenolic OH excluding ortho intramolecular Hbond substituents is 1. The molecular weight excluding hydrogens is 798 g/mol. The highest BCUT2D eigenvalue weighted by Gasteiger charge is 2.42. The van der Waals surface area contributed by atoms with Gasteiger partial charge in [-0.1, -0.05) is 44.2 Å². The molecule has 8 atom stereocenters. The van der Waals surface area contributed by atoms with Gasteiger partial charge in [0.15, 0.2) is 0 Å². The third kappa shape index (κ3) is 10.8. The number of aliphatic hydroxyl groups is 2. The molecular formula is C40H49N9O12. The second-order valence-corrected chi connectivity index (χ2v) is 15.0. The van der Waals surface area contributed by atoms with E-state index in [9.17, 15) is 54.0 Å². The topological polar surface area (TPSA) is 324 Å². The van der Waals surface area contributed by atoms with Crippen LogP contribution < -0.4 is 38.2 Å². The van der Waals surface area contributed by atoms with E-state index in [2.05, 4.69) is 26.3 Å². The van der Waals surface area contributed by atoms with Crippen LogP contribution in [0, 0.1) is 5.92 Å². The first-order valence-electron chi connectivity index (χ1n) is 19.2. The molecule has 0 aliphatic carbocycles. The fourth-order valence-electron chi connectivity index (χ4n) is 6.76. The van der Waals surface area contributed by atoms with E-state index in [1.165, 1.54) is 26.1 Å². The van der Waals surface area contributed by atoms with Crippen LogP contribution in [0.3, 0.4) is 0 Å². The standard InChI is InChI=1S/C40H49N9O12/c1-19(2)30(47-39(59)44-27(38(57)58)16-22-17-42-26-11-6-5-10-24(22)26)35(55)46-31(20(3)48(4)36(56)25(41)15-21-8-7-9-23(50)14-21)34(54)43-18-28-32(52)33(53)37(61-28)49-13-12-29(51)45-40(49)60/h5-14,17-20,25,27,30-33,37,42,50,52-53H,15-16,41H2,1-4H3,(H,43,54)(H,46,55)(H,57,58)(H2,44,47,59)(H,45,51,60)/b28-18-/t20-,25-,27-,30-,31-,32+,33+,37+/m0/s1. The molecule has 3 heterocycles. The number of aromatic hydroxyl groups is 1. The molecule has 0 saturated carbocycles. The number of H-pyrrole nitrogens is 2. The lowest BCUT2D eigenvalue weighted by molar-refractivity contribution is -0.139. The maximum absolute atomic E-state index is 14.0. The molecule has 21 nitrogen and oxygen atoms in total. The Morgan fingerprint density at radius 2 is 1.67 bits per heavy atom. The van der Waals surface area contributed by atoms with Gasteiger partial charge in [0.25, 0.3) is 5.56 Å². The number of ether oxygens (including phenoxy) is 1. The summed E-state index contributed by atoms with van der Waals surface area (Å²) in [7, 11) is 1.35. The van der Waals surface area contributed by atoms with Crippen molar-refractivity contribution in [3.8, 4) is 5.75 Å². The Morgan fingerprint density at radius 1 is 0.951 bits per heavy atom. The molecule has 326 valence electrons. The Morgan fingerprint density at radius 3 is 2.34 bits per heavy atom. The van der Waals surface area contributed by atoms with E-state index in [0.29, 0.717) is 11.1 Å². The summed E-state index contributed by atoms with van der Waals surface area (Å²) in [5, 5.41) is 51.8. The number of urea groups is 1. The Bertz CT molecular complexity index is 2410. The zero-order valence-corrected chi connectivity index (χ0v) is 33.6. The zero-order valence-electron chi connectivity index (χ0n) is 33.6. The molecule has 4 aromatic rings. The number of likely N-dealkylation sites (N-methyl/N-ethyl adjacent to an activating group) is 1. The fraction of sp³-hybridized carbons (Fsp3) is 0.375. The number of carbonyl (C=O) groups is 5. The zero-order chi connectivity index (χ0) is 44.7. The van der Waals surface area contributed by atoms with Crippen molar-refractivity contribution >= 4 is 40.6 Å². The van der Waals surface area contributed by atoms with Gasteiger partial charge >= 0.3 is 17.7 Å². The van der Waals surface area contributed by atoms with Gasteiger partial charge in [-0.25, -0.2) is 14.4 Å². The molecule has 1 aliphatic heterocycles. The van der Waals surface area contributed by atoms with E-state index < -0.39 is 101 Å². The van der Waals surface area contributed by atoms with E-state index in [4.69, 9.17) is 10.5 Å². The number of carbonyl (C=O) groups excluding carboxylic acids is 4. The Balaban J connectivity index is 1.35. The van der Waals surface area contributed by atoms with Crippen LogP contribution in [0.25, 0.3) is 10.9 Å². The van der Waals surface area contributed by atoms with E-state index in [-0.39, 0.29) is 18.6 Å². The summed E-state index contributed by atoms with van der Waals surface area (Å²) in [6.45, 7) is 4.63. The number of aromatic amines is 2. The van der Waals surface area contributed by atoms with Gasteiger partial charge in [0.05, 0.1) is 12.1 Å². The van der Waals surface area contributed by atoms with Gasteiger partial charge in [-0.2, -0.15) is 0 Å². The smallest absolute Gasteiger partial charge is 0.331 e. The average molecular weight is 848 g/mol. The summed E-state index contributed by atoms with van der Waals surface area (Å²) in [5.41, 5.74) is 6.54. The first-order chi connectivity index (χ1) is 28.9. The van der Waals surface area contributed by atoms with Crippen molar-refractivity contribution in [3.63, 3.8) is 0 Å². The molecule has 1 aliphatic rings. The largest absolute Gasteiger partial charge is 0.508 e. The number of amides is 5. The molecule has 0 radical (unpaired) electrons. The Hall–Kier alpha value is -6.97. The molecule has 5 rings (SSSR count). The first-order valence-corrected chi connectivity index (χ1v) is 19.2. The van der Waals surface area contributed by atoms with Crippen LogP contribution in [-0.2, 0) is 36.8 Å². The number of carboxylic acids is 1. The van der Waals surface area contributed by atoms with E-state index in [1.54, 1.807) is 44.3 Å². The second-order valence-electron chi connectivity index (χ2n) is 15.0. The lowest BCUT2D eigenvalue weighted by atomic mass is 10.0. The molecule has 1 fully saturated rings. The quantitative estimate of drug-likeness (QED) is 0.0636. The number of benzene rings is 2.